The Kier molecular flexibility index (Phi) is 2.79. The smallest absolute Gasteiger partial charge is 0.265 e. The first-order chi connectivity index (χ1) is 7.20. The first-order valence-electron chi connectivity index (χ1n) is 4.58. The Hall–Kier alpha value is -1.26. The number of amides is 1. The second kappa shape index (κ2) is 4.08. The molecule has 1 amide bonds. The number of halogens is 1. The average Bonchev–Trinajstić information content (AvgIpc) is 2.20. The molecule has 1 atom stereocenters. The molecule has 1 aliphatic rings. The third-order valence-corrected chi connectivity index (χ3v) is 2.39. The first-order valence-corrected chi connectivity index (χ1v) is 4.96. The summed E-state index contributed by atoms with van der Waals surface area (Å²) in [6.07, 6.45) is -0.336. The van der Waals surface area contributed by atoms with Gasteiger partial charge in [0, 0.05) is 18.1 Å². The van der Waals surface area contributed by atoms with Gasteiger partial charge in [0.15, 0.2) is 6.10 Å². The fourth-order valence-electron chi connectivity index (χ4n) is 1.43. The van der Waals surface area contributed by atoms with Crippen LogP contribution in [0.1, 0.15) is 6.42 Å². The molecule has 0 aliphatic carbocycles. The van der Waals surface area contributed by atoms with Crippen molar-refractivity contribution in [1.29, 1.82) is 0 Å². The van der Waals surface area contributed by atoms with Crippen molar-refractivity contribution in [2.24, 2.45) is 0 Å². The molecule has 1 unspecified atom stereocenters. The zero-order chi connectivity index (χ0) is 10.8. The maximum Gasteiger partial charge on any atom is 0.265 e. The Bertz CT molecular complexity index is 394. The van der Waals surface area contributed by atoms with E-state index in [0.29, 0.717) is 16.5 Å². The van der Waals surface area contributed by atoms with E-state index in [1.54, 1.807) is 18.2 Å². The molecule has 4 nitrogen and oxygen atoms in total. The number of aliphatic hydroxyl groups is 1. The van der Waals surface area contributed by atoms with Crippen LogP contribution >= 0.6 is 11.6 Å². The minimum atomic E-state index is -0.622. The second-order valence-electron chi connectivity index (χ2n) is 3.25. The molecule has 2 N–H and O–H groups in total. The summed E-state index contributed by atoms with van der Waals surface area (Å²) in [5.74, 6) is 0.330. The molecule has 0 spiro atoms. The Morgan fingerprint density at radius 3 is 3.07 bits per heavy atom. The summed E-state index contributed by atoms with van der Waals surface area (Å²) in [5.41, 5.74) is 0.571. The van der Waals surface area contributed by atoms with Crippen LogP contribution in [0.2, 0.25) is 5.02 Å². The summed E-state index contributed by atoms with van der Waals surface area (Å²) >= 11 is 5.78. The SMILES string of the molecule is O=C1Nc2cc(Cl)ccc2OC1CCO. The highest BCUT2D eigenvalue weighted by Gasteiger charge is 2.26. The van der Waals surface area contributed by atoms with Crippen LogP contribution in [0.3, 0.4) is 0 Å². The fraction of sp³-hybridized carbons (Fsp3) is 0.300. The number of carbonyl (C=O) groups is 1. The lowest BCUT2D eigenvalue weighted by Gasteiger charge is -2.25. The highest BCUT2D eigenvalue weighted by atomic mass is 35.5. The van der Waals surface area contributed by atoms with Crippen LogP contribution in [0.5, 0.6) is 5.75 Å². The van der Waals surface area contributed by atoms with Gasteiger partial charge in [-0.2, -0.15) is 0 Å². The van der Waals surface area contributed by atoms with Crippen LogP contribution in [0.25, 0.3) is 0 Å². The molecule has 0 radical (unpaired) electrons. The Morgan fingerprint density at radius 1 is 1.53 bits per heavy atom. The van der Waals surface area contributed by atoms with E-state index < -0.39 is 6.10 Å². The summed E-state index contributed by atoms with van der Waals surface area (Å²) in [6.45, 7) is -0.0823. The van der Waals surface area contributed by atoms with Crippen molar-refractivity contribution in [1.82, 2.24) is 0 Å². The molecule has 0 bridgehead atoms. The molecule has 1 aromatic rings. The van der Waals surface area contributed by atoms with Gasteiger partial charge in [0.1, 0.15) is 5.75 Å². The largest absolute Gasteiger partial charge is 0.478 e. The normalized spacial score (nSPS) is 19.1. The van der Waals surface area contributed by atoms with E-state index in [0.717, 1.165) is 0 Å². The van der Waals surface area contributed by atoms with Gasteiger partial charge in [0.25, 0.3) is 5.91 Å². The predicted octanol–water partition coefficient (Wildman–Crippen LogP) is 1.42. The second-order valence-corrected chi connectivity index (χ2v) is 3.68. The zero-order valence-corrected chi connectivity index (χ0v) is 8.62. The van der Waals surface area contributed by atoms with E-state index in [4.69, 9.17) is 21.4 Å². The van der Waals surface area contributed by atoms with Gasteiger partial charge in [0.2, 0.25) is 0 Å². The lowest BCUT2D eigenvalue weighted by Crippen LogP contribution is -2.37. The third kappa shape index (κ3) is 2.06. The molecule has 1 aromatic carbocycles. The van der Waals surface area contributed by atoms with E-state index in [2.05, 4.69) is 5.32 Å². The van der Waals surface area contributed by atoms with Crippen molar-refractivity contribution in [3.8, 4) is 5.75 Å². The van der Waals surface area contributed by atoms with E-state index in [1.165, 1.54) is 0 Å². The number of nitrogens with one attached hydrogen (secondary N) is 1. The molecular formula is C10H10ClNO3. The van der Waals surface area contributed by atoms with E-state index in [9.17, 15) is 4.79 Å². The summed E-state index contributed by atoms with van der Waals surface area (Å²) in [4.78, 5) is 11.5. The number of anilines is 1. The van der Waals surface area contributed by atoms with Crippen molar-refractivity contribution < 1.29 is 14.6 Å². The van der Waals surface area contributed by atoms with Gasteiger partial charge in [-0.3, -0.25) is 4.79 Å². The van der Waals surface area contributed by atoms with Gasteiger partial charge in [0.05, 0.1) is 5.69 Å². The standard InChI is InChI=1S/C10H10ClNO3/c11-6-1-2-8-7(5-6)12-10(14)9(15-8)3-4-13/h1-2,5,9,13H,3-4H2,(H,12,14). The molecule has 0 fully saturated rings. The van der Waals surface area contributed by atoms with Crippen LogP contribution in [-0.2, 0) is 4.79 Å². The number of benzene rings is 1. The number of ether oxygens (including phenoxy) is 1. The zero-order valence-electron chi connectivity index (χ0n) is 7.87. The van der Waals surface area contributed by atoms with Gasteiger partial charge in [-0.15, -0.1) is 0 Å². The fourth-order valence-corrected chi connectivity index (χ4v) is 1.60. The summed E-state index contributed by atoms with van der Waals surface area (Å²) in [6, 6.07) is 5.01. The molecule has 2 rings (SSSR count). The van der Waals surface area contributed by atoms with Crippen LogP contribution < -0.4 is 10.1 Å². The molecule has 0 saturated carbocycles. The van der Waals surface area contributed by atoms with Crippen molar-refractivity contribution in [2.45, 2.75) is 12.5 Å². The number of hydrogen-bond acceptors (Lipinski definition) is 3. The van der Waals surface area contributed by atoms with Crippen LogP contribution in [0, 0.1) is 0 Å². The molecule has 1 aliphatic heterocycles. The van der Waals surface area contributed by atoms with E-state index in [1.807, 2.05) is 0 Å². The predicted molar refractivity (Wildman–Crippen MR) is 56.2 cm³/mol. The van der Waals surface area contributed by atoms with Crippen molar-refractivity contribution in [3.05, 3.63) is 23.2 Å². The number of carbonyl (C=O) groups excluding carboxylic acids is 1. The molecule has 0 saturated heterocycles. The number of rotatable bonds is 2. The molecule has 15 heavy (non-hydrogen) atoms. The van der Waals surface area contributed by atoms with Crippen molar-refractivity contribution >= 4 is 23.2 Å². The average molecular weight is 228 g/mol. The van der Waals surface area contributed by atoms with Gasteiger partial charge >= 0.3 is 0 Å². The maximum atomic E-state index is 11.5. The topological polar surface area (TPSA) is 58.6 Å². The third-order valence-electron chi connectivity index (χ3n) is 2.15. The van der Waals surface area contributed by atoms with Crippen LogP contribution in [-0.4, -0.2) is 23.7 Å². The molecule has 80 valence electrons. The Balaban J connectivity index is 2.26. The van der Waals surface area contributed by atoms with Crippen molar-refractivity contribution in [3.63, 3.8) is 0 Å². The molecule has 1 heterocycles. The first kappa shape index (κ1) is 10.3. The van der Waals surface area contributed by atoms with Gasteiger partial charge < -0.3 is 15.2 Å². The Morgan fingerprint density at radius 2 is 2.33 bits per heavy atom. The van der Waals surface area contributed by atoms with Crippen LogP contribution in [0.4, 0.5) is 5.69 Å². The monoisotopic (exact) mass is 227 g/mol. The lowest BCUT2D eigenvalue weighted by atomic mass is 10.2. The maximum absolute atomic E-state index is 11.5. The highest BCUT2D eigenvalue weighted by Crippen LogP contribution is 2.32. The summed E-state index contributed by atoms with van der Waals surface area (Å²) in [5, 5.41) is 12.0. The highest BCUT2D eigenvalue weighted by molar-refractivity contribution is 6.31. The molecular weight excluding hydrogens is 218 g/mol. The quantitative estimate of drug-likeness (QED) is 0.804. The number of hydrogen-bond donors (Lipinski definition) is 2. The molecule has 0 aromatic heterocycles. The van der Waals surface area contributed by atoms with Gasteiger partial charge in [-0.05, 0) is 18.2 Å². The van der Waals surface area contributed by atoms with E-state index >= 15 is 0 Å². The summed E-state index contributed by atoms with van der Waals surface area (Å²) in [7, 11) is 0. The van der Waals surface area contributed by atoms with Crippen LogP contribution in [0.15, 0.2) is 18.2 Å². The van der Waals surface area contributed by atoms with Crippen molar-refractivity contribution in [2.75, 3.05) is 11.9 Å². The lowest BCUT2D eigenvalue weighted by molar-refractivity contribution is -0.124. The Labute approximate surface area is 91.8 Å². The van der Waals surface area contributed by atoms with E-state index in [-0.39, 0.29) is 18.9 Å². The number of aliphatic hydroxyl groups excluding tert-OH is 1. The minimum absolute atomic E-state index is 0.0823. The number of fused-ring (bicyclic) bond motifs is 1. The minimum Gasteiger partial charge on any atom is -0.478 e. The van der Waals surface area contributed by atoms with Gasteiger partial charge in [-0.25, -0.2) is 0 Å². The summed E-state index contributed by atoms with van der Waals surface area (Å²) < 4.78 is 5.41. The molecule has 5 heteroatoms. The van der Waals surface area contributed by atoms with Gasteiger partial charge in [-0.1, -0.05) is 11.6 Å².